The third-order valence-electron chi connectivity index (χ3n) is 1.90. The first kappa shape index (κ1) is 11.1. The highest BCUT2D eigenvalue weighted by Gasteiger charge is 2.09. The van der Waals surface area contributed by atoms with E-state index in [0.29, 0.717) is 10.9 Å². The van der Waals surface area contributed by atoms with Crippen LogP contribution in [0.5, 0.6) is 0 Å². The maximum atomic E-state index is 9.21. The fourth-order valence-electron chi connectivity index (χ4n) is 1.20. The van der Waals surface area contributed by atoms with E-state index in [-0.39, 0.29) is 6.10 Å². The van der Waals surface area contributed by atoms with Crippen LogP contribution in [0, 0.1) is 0 Å². The number of benzene rings is 1. The van der Waals surface area contributed by atoms with E-state index in [1.54, 1.807) is 11.6 Å². The van der Waals surface area contributed by atoms with E-state index < -0.39 is 0 Å². The minimum atomic E-state index is -0.370. The van der Waals surface area contributed by atoms with Crippen molar-refractivity contribution in [3.05, 3.63) is 30.3 Å². The molecule has 1 aromatic heterocycles. The molecule has 1 heterocycles. The molecule has 1 atom stereocenters. The van der Waals surface area contributed by atoms with E-state index in [9.17, 15) is 5.11 Å². The van der Waals surface area contributed by atoms with Gasteiger partial charge in [0.25, 0.3) is 0 Å². The largest absolute Gasteiger partial charge is 0.393 e. The molecule has 16 heavy (non-hydrogen) atoms. The van der Waals surface area contributed by atoms with Gasteiger partial charge in [0.2, 0.25) is 5.16 Å². The summed E-state index contributed by atoms with van der Waals surface area (Å²) in [6, 6.07) is 9.67. The van der Waals surface area contributed by atoms with Gasteiger partial charge in [0.15, 0.2) is 0 Å². The Morgan fingerprint density at radius 2 is 2.12 bits per heavy atom. The molecule has 1 N–H and O–H groups in total. The Balaban J connectivity index is 2.19. The predicted molar refractivity (Wildman–Crippen MR) is 61.6 cm³/mol. The summed E-state index contributed by atoms with van der Waals surface area (Å²) in [5.41, 5.74) is 0.917. The Morgan fingerprint density at radius 1 is 1.38 bits per heavy atom. The first-order valence-electron chi connectivity index (χ1n) is 4.92. The Morgan fingerprint density at radius 3 is 2.81 bits per heavy atom. The summed E-state index contributed by atoms with van der Waals surface area (Å²) in [5, 5.41) is 21.4. The van der Waals surface area contributed by atoms with E-state index in [1.807, 2.05) is 30.3 Å². The topological polar surface area (TPSA) is 63.8 Å². The molecule has 0 saturated heterocycles. The van der Waals surface area contributed by atoms with Crippen LogP contribution in [0.15, 0.2) is 35.5 Å². The van der Waals surface area contributed by atoms with Crippen molar-refractivity contribution in [3.63, 3.8) is 0 Å². The molecule has 5 nitrogen and oxygen atoms in total. The lowest BCUT2D eigenvalue weighted by Gasteiger charge is -2.04. The van der Waals surface area contributed by atoms with Crippen molar-refractivity contribution in [3.8, 4) is 5.69 Å². The number of hydrogen-bond acceptors (Lipinski definition) is 5. The summed E-state index contributed by atoms with van der Waals surface area (Å²) in [4.78, 5) is 0. The van der Waals surface area contributed by atoms with Gasteiger partial charge in [-0.1, -0.05) is 30.0 Å². The molecule has 6 heteroatoms. The van der Waals surface area contributed by atoms with Crippen LogP contribution in [0.25, 0.3) is 5.69 Å². The number of thioether (sulfide) groups is 1. The van der Waals surface area contributed by atoms with Crippen LogP contribution < -0.4 is 0 Å². The zero-order chi connectivity index (χ0) is 11.4. The number of tetrazole rings is 1. The zero-order valence-electron chi connectivity index (χ0n) is 8.82. The second-order valence-corrected chi connectivity index (χ2v) is 4.36. The third kappa shape index (κ3) is 2.59. The predicted octanol–water partition coefficient (Wildman–Crippen LogP) is 1.14. The van der Waals surface area contributed by atoms with E-state index in [0.717, 1.165) is 5.69 Å². The molecule has 0 fully saturated rings. The second-order valence-electron chi connectivity index (χ2n) is 3.37. The molecule has 0 aliphatic rings. The Hall–Kier alpha value is -1.40. The molecule has 0 bridgehead atoms. The Kier molecular flexibility index (Phi) is 3.53. The Labute approximate surface area is 97.5 Å². The molecule has 0 radical (unpaired) electrons. The van der Waals surface area contributed by atoms with Crippen LogP contribution in [0.2, 0.25) is 0 Å². The average molecular weight is 236 g/mol. The number of nitrogens with zero attached hydrogens (tertiary/aromatic N) is 4. The lowest BCUT2D eigenvalue weighted by Crippen LogP contribution is -2.05. The van der Waals surface area contributed by atoms with Crippen molar-refractivity contribution in [2.24, 2.45) is 0 Å². The van der Waals surface area contributed by atoms with Crippen molar-refractivity contribution in [1.29, 1.82) is 0 Å². The van der Waals surface area contributed by atoms with E-state index in [2.05, 4.69) is 15.5 Å². The van der Waals surface area contributed by atoms with Crippen LogP contribution in [-0.2, 0) is 0 Å². The van der Waals surface area contributed by atoms with Crippen LogP contribution in [0.1, 0.15) is 6.92 Å². The van der Waals surface area contributed by atoms with Gasteiger partial charge in [0.05, 0.1) is 11.8 Å². The van der Waals surface area contributed by atoms with E-state index in [1.165, 1.54) is 11.8 Å². The molecule has 2 aromatic rings. The quantitative estimate of drug-likeness (QED) is 0.806. The number of aliphatic hydroxyl groups excluding tert-OH is 1. The molecule has 1 unspecified atom stereocenters. The maximum Gasteiger partial charge on any atom is 0.214 e. The second kappa shape index (κ2) is 5.09. The normalized spacial score (nSPS) is 12.6. The molecule has 0 aliphatic heterocycles. The van der Waals surface area contributed by atoms with Gasteiger partial charge in [0.1, 0.15) is 0 Å². The maximum absolute atomic E-state index is 9.21. The third-order valence-corrected chi connectivity index (χ3v) is 3.06. The van der Waals surface area contributed by atoms with Crippen LogP contribution >= 0.6 is 11.8 Å². The summed E-state index contributed by atoms with van der Waals surface area (Å²) in [5.74, 6) is 0.577. The van der Waals surface area contributed by atoms with Crippen molar-refractivity contribution >= 4 is 11.8 Å². The number of para-hydroxylation sites is 1. The van der Waals surface area contributed by atoms with Crippen molar-refractivity contribution in [2.45, 2.75) is 18.2 Å². The fraction of sp³-hybridized carbons (Fsp3) is 0.300. The molecule has 0 aliphatic carbocycles. The van der Waals surface area contributed by atoms with Gasteiger partial charge in [-0.2, -0.15) is 4.68 Å². The highest BCUT2D eigenvalue weighted by Crippen LogP contribution is 2.18. The SMILES string of the molecule is CC(O)CSc1nnnn1-c1ccccc1. The smallest absolute Gasteiger partial charge is 0.214 e. The summed E-state index contributed by atoms with van der Waals surface area (Å²) >= 11 is 1.43. The summed E-state index contributed by atoms with van der Waals surface area (Å²) in [7, 11) is 0. The first-order chi connectivity index (χ1) is 7.77. The highest BCUT2D eigenvalue weighted by molar-refractivity contribution is 7.99. The standard InChI is InChI=1S/C10H12N4OS/c1-8(15)7-16-10-11-12-13-14(10)9-5-3-2-4-6-9/h2-6,8,15H,7H2,1H3. The van der Waals surface area contributed by atoms with Gasteiger partial charge in [-0.15, -0.1) is 5.10 Å². The van der Waals surface area contributed by atoms with E-state index >= 15 is 0 Å². The lowest BCUT2D eigenvalue weighted by molar-refractivity contribution is 0.220. The number of aromatic nitrogens is 4. The van der Waals surface area contributed by atoms with Crippen LogP contribution in [0.4, 0.5) is 0 Å². The van der Waals surface area contributed by atoms with Crippen molar-refractivity contribution in [1.82, 2.24) is 20.2 Å². The minimum absolute atomic E-state index is 0.370. The zero-order valence-corrected chi connectivity index (χ0v) is 9.63. The van der Waals surface area contributed by atoms with Gasteiger partial charge >= 0.3 is 0 Å². The highest BCUT2D eigenvalue weighted by atomic mass is 32.2. The monoisotopic (exact) mass is 236 g/mol. The number of aliphatic hydroxyl groups is 1. The van der Waals surface area contributed by atoms with Crippen LogP contribution in [0.3, 0.4) is 0 Å². The number of hydrogen-bond donors (Lipinski definition) is 1. The van der Waals surface area contributed by atoms with Crippen molar-refractivity contribution < 1.29 is 5.11 Å². The molecular formula is C10H12N4OS. The van der Waals surface area contributed by atoms with Crippen molar-refractivity contribution in [2.75, 3.05) is 5.75 Å². The average Bonchev–Trinajstić information content (AvgIpc) is 2.75. The summed E-state index contributed by atoms with van der Waals surface area (Å²) in [6.07, 6.45) is -0.370. The summed E-state index contributed by atoms with van der Waals surface area (Å²) in [6.45, 7) is 1.74. The fourth-order valence-corrected chi connectivity index (χ4v) is 1.94. The lowest BCUT2D eigenvalue weighted by atomic mass is 10.3. The molecule has 1 aromatic carbocycles. The Bertz CT molecular complexity index is 443. The summed E-state index contributed by atoms with van der Waals surface area (Å²) < 4.78 is 1.66. The van der Waals surface area contributed by atoms with E-state index in [4.69, 9.17) is 0 Å². The van der Waals surface area contributed by atoms with Gasteiger partial charge in [-0.05, 0) is 29.5 Å². The van der Waals surface area contributed by atoms with Gasteiger partial charge in [-0.3, -0.25) is 0 Å². The number of rotatable bonds is 4. The van der Waals surface area contributed by atoms with Gasteiger partial charge in [0, 0.05) is 5.75 Å². The molecule has 0 spiro atoms. The first-order valence-corrected chi connectivity index (χ1v) is 5.90. The molecular weight excluding hydrogens is 224 g/mol. The van der Waals surface area contributed by atoms with Gasteiger partial charge < -0.3 is 5.11 Å². The molecule has 0 amide bonds. The minimum Gasteiger partial charge on any atom is -0.393 e. The van der Waals surface area contributed by atoms with Gasteiger partial charge in [-0.25, -0.2) is 0 Å². The molecule has 2 rings (SSSR count). The van der Waals surface area contributed by atoms with Crippen LogP contribution in [-0.4, -0.2) is 37.2 Å². The molecule has 84 valence electrons. The molecule has 0 saturated carbocycles.